The molecule has 0 aromatic rings. The van der Waals surface area contributed by atoms with Crippen LogP contribution < -0.4 is 34.5 Å². The SMILES string of the molecule is C=C(COP(=O)([O-])O)S(=O)CCCCCCCCCCCC.[Na+]. The van der Waals surface area contributed by atoms with Crippen LogP contribution >= 0.6 is 7.82 Å². The average molecular weight is 376 g/mol. The maximum Gasteiger partial charge on any atom is 1.00 e. The van der Waals surface area contributed by atoms with Gasteiger partial charge in [0, 0.05) is 10.7 Å². The second-order valence-electron chi connectivity index (χ2n) is 5.51. The van der Waals surface area contributed by atoms with Crippen LogP contribution in [0.2, 0.25) is 0 Å². The summed E-state index contributed by atoms with van der Waals surface area (Å²) in [4.78, 5) is 19.1. The summed E-state index contributed by atoms with van der Waals surface area (Å²) in [6.45, 7) is 5.33. The van der Waals surface area contributed by atoms with Crippen molar-refractivity contribution in [3.05, 3.63) is 11.5 Å². The van der Waals surface area contributed by atoms with Gasteiger partial charge in [-0.2, -0.15) is 0 Å². The van der Waals surface area contributed by atoms with Crippen molar-refractivity contribution >= 4 is 18.6 Å². The molecule has 0 saturated heterocycles. The standard InChI is InChI=1S/C15H31O5PS.Na/c1-3-4-5-6-7-8-9-10-11-12-13-22(19)15(2)14-20-21(16,17)18;/h2-14H2,1H3,(H2,16,17,18);/q;+1/p-1. The molecule has 0 fully saturated rings. The minimum absolute atomic E-state index is 0. The van der Waals surface area contributed by atoms with Crippen molar-refractivity contribution in [3.63, 3.8) is 0 Å². The second kappa shape index (κ2) is 16.5. The van der Waals surface area contributed by atoms with E-state index in [4.69, 9.17) is 4.89 Å². The van der Waals surface area contributed by atoms with E-state index >= 15 is 0 Å². The number of hydrogen-bond donors (Lipinski definition) is 1. The first-order valence-corrected chi connectivity index (χ1v) is 10.9. The van der Waals surface area contributed by atoms with Gasteiger partial charge in [0.1, 0.15) is 0 Å². The first-order valence-electron chi connectivity index (χ1n) is 8.11. The first-order chi connectivity index (χ1) is 10.4. The van der Waals surface area contributed by atoms with E-state index in [1.54, 1.807) is 0 Å². The molecule has 0 spiro atoms. The Morgan fingerprint density at radius 3 is 1.96 bits per heavy atom. The number of hydrogen-bond acceptors (Lipinski definition) is 4. The van der Waals surface area contributed by atoms with Crippen LogP contribution in [0.1, 0.15) is 71.1 Å². The van der Waals surface area contributed by atoms with Crippen LogP contribution in [0.25, 0.3) is 0 Å². The first kappa shape index (κ1) is 26.2. The summed E-state index contributed by atoms with van der Waals surface area (Å²) in [6, 6.07) is 0. The topological polar surface area (TPSA) is 86.7 Å². The van der Waals surface area contributed by atoms with Crippen molar-refractivity contribution in [2.45, 2.75) is 71.1 Å². The van der Waals surface area contributed by atoms with Crippen LogP contribution in [0, 0.1) is 0 Å². The molecular formula is C15H30NaO5PS. The number of unbranched alkanes of at least 4 members (excludes halogenated alkanes) is 9. The zero-order valence-corrected chi connectivity index (χ0v) is 18.3. The van der Waals surface area contributed by atoms with Crippen LogP contribution in [-0.4, -0.2) is 21.5 Å². The van der Waals surface area contributed by atoms with Gasteiger partial charge in [-0.15, -0.1) is 0 Å². The van der Waals surface area contributed by atoms with Crippen molar-refractivity contribution in [3.8, 4) is 0 Å². The molecule has 1 N–H and O–H groups in total. The molecule has 0 rings (SSSR count). The molecule has 0 aliphatic carbocycles. The molecule has 2 unspecified atom stereocenters. The quantitative estimate of drug-likeness (QED) is 0.258. The Hall–Kier alpha value is 1.00. The van der Waals surface area contributed by atoms with Gasteiger partial charge in [0.15, 0.2) is 0 Å². The molecular weight excluding hydrogens is 346 g/mol. The Balaban J connectivity index is 0. The summed E-state index contributed by atoms with van der Waals surface area (Å²) in [5, 5.41) is 0. The summed E-state index contributed by atoms with van der Waals surface area (Å²) in [5.41, 5.74) is 0. The summed E-state index contributed by atoms with van der Waals surface area (Å²) in [6.07, 6.45) is 12.0. The molecule has 0 amide bonds. The molecule has 0 radical (unpaired) electrons. The van der Waals surface area contributed by atoms with E-state index in [2.05, 4.69) is 18.0 Å². The molecule has 0 bridgehead atoms. The van der Waals surface area contributed by atoms with Crippen molar-refractivity contribution < 1.29 is 52.6 Å². The predicted octanol–water partition coefficient (Wildman–Crippen LogP) is 0.651. The van der Waals surface area contributed by atoms with Gasteiger partial charge in [-0.1, -0.05) is 71.3 Å². The van der Waals surface area contributed by atoms with Gasteiger partial charge in [0.25, 0.3) is 7.82 Å². The summed E-state index contributed by atoms with van der Waals surface area (Å²) in [7, 11) is -6.06. The zero-order chi connectivity index (χ0) is 16.8. The molecule has 2 atom stereocenters. The second-order valence-corrected chi connectivity index (χ2v) is 8.38. The number of rotatable bonds is 15. The average Bonchev–Trinajstić information content (AvgIpc) is 2.45. The summed E-state index contributed by atoms with van der Waals surface area (Å²) < 4.78 is 26.4. The van der Waals surface area contributed by atoms with E-state index in [-0.39, 0.29) is 34.5 Å². The van der Waals surface area contributed by atoms with Crippen molar-refractivity contribution in [2.75, 3.05) is 12.4 Å². The maximum atomic E-state index is 11.8. The molecule has 0 aromatic heterocycles. The van der Waals surface area contributed by atoms with Gasteiger partial charge >= 0.3 is 29.6 Å². The van der Waals surface area contributed by atoms with Crippen molar-refractivity contribution in [2.24, 2.45) is 0 Å². The Morgan fingerprint density at radius 1 is 1.09 bits per heavy atom. The van der Waals surface area contributed by atoms with E-state index < -0.39 is 25.2 Å². The van der Waals surface area contributed by atoms with Gasteiger partial charge in [-0.3, -0.25) is 8.77 Å². The molecule has 5 nitrogen and oxygen atoms in total. The largest absolute Gasteiger partial charge is 1.00 e. The minimum atomic E-state index is -4.76. The molecule has 0 aromatic carbocycles. The number of phosphoric ester groups is 1. The van der Waals surface area contributed by atoms with Crippen LogP contribution in [0.4, 0.5) is 0 Å². The fourth-order valence-corrected chi connectivity index (χ4v) is 3.44. The van der Waals surface area contributed by atoms with Gasteiger partial charge in [0.05, 0.1) is 17.4 Å². The molecule has 8 heteroatoms. The Morgan fingerprint density at radius 2 is 1.52 bits per heavy atom. The van der Waals surface area contributed by atoms with E-state index in [1.807, 2.05) is 0 Å². The predicted molar refractivity (Wildman–Crippen MR) is 89.8 cm³/mol. The van der Waals surface area contributed by atoms with Crippen molar-refractivity contribution in [1.29, 1.82) is 0 Å². The third-order valence-electron chi connectivity index (χ3n) is 3.39. The molecule has 132 valence electrons. The van der Waals surface area contributed by atoms with E-state index in [0.29, 0.717) is 5.75 Å². The van der Waals surface area contributed by atoms with E-state index in [1.165, 1.54) is 44.9 Å². The normalized spacial score (nSPS) is 14.7. The van der Waals surface area contributed by atoms with E-state index in [0.717, 1.165) is 19.3 Å². The Labute approximate surface area is 165 Å². The fourth-order valence-electron chi connectivity index (χ4n) is 2.08. The Kier molecular flexibility index (Phi) is 18.8. The smallest absolute Gasteiger partial charge is 0.756 e. The number of phosphoric acid groups is 1. The molecule has 23 heavy (non-hydrogen) atoms. The van der Waals surface area contributed by atoms with Gasteiger partial charge in [-0.05, 0) is 6.42 Å². The van der Waals surface area contributed by atoms with Gasteiger partial charge in [-0.25, -0.2) is 0 Å². The van der Waals surface area contributed by atoms with Crippen LogP contribution in [0.5, 0.6) is 0 Å². The van der Waals surface area contributed by atoms with Gasteiger partial charge in [0.2, 0.25) is 0 Å². The molecule has 0 heterocycles. The van der Waals surface area contributed by atoms with Crippen LogP contribution in [-0.2, 0) is 19.9 Å². The third-order valence-corrected chi connectivity index (χ3v) is 5.27. The van der Waals surface area contributed by atoms with Crippen LogP contribution in [0.3, 0.4) is 0 Å². The van der Waals surface area contributed by atoms with Gasteiger partial charge < -0.3 is 14.3 Å². The minimum Gasteiger partial charge on any atom is -0.756 e. The summed E-state index contributed by atoms with van der Waals surface area (Å²) >= 11 is 0. The molecule has 0 aliphatic rings. The third kappa shape index (κ3) is 19.2. The van der Waals surface area contributed by atoms with E-state index in [9.17, 15) is 13.7 Å². The Bertz CT molecular complexity index is 373. The monoisotopic (exact) mass is 376 g/mol. The zero-order valence-electron chi connectivity index (χ0n) is 14.6. The molecule has 0 aliphatic heterocycles. The van der Waals surface area contributed by atoms with Crippen molar-refractivity contribution in [1.82, 2.24) is 0 Å². The summed E-state index contributed by atoms with van der Waals surface area (Å²) in [5.74, 6) is 0.466. The maximum absolute atomic E-state index is 11.8. The fraction of sp³-hybridized carbons (Fsp3) is 0.867. The molecule has 0 saturated carbocycles. The van der Waals surface area contributed by atoms with Crippen LogP contribution in [0.15, 0.2) is 11.5 Å².